The molecule has 1 aliphatic rings. The van der Waals surface area contributed by atoms with Crippen LogP contribution in [0.15, 0.2) is 48.5 Å². The fourth-order valence-corrected chi connectivity index (χ4v) is 3.68. The second-order valence-corrected chi connectivity index (χ2v) is 6.89. The molecule has 1 N–H and O–H groups in total. The third-order valence-electron chi connectivity index (χ3n) is 5.29. The first-order valence-electron chi connectivity index (χ1n) is 9.31. The number of amides is 1. The van der Waals surface area contributed by atoms with Crippen molar-refractivity contribution in [1.29, 1.82) is 0 Å². The van der Waals surface area contributed by atoms with Crippen molar-refractivity contribution in [2.24, 2.45) is 0 Å². The molecule has 27 heavy (non-hydrogen) atoms. The van der Waals surface area contributed by atoms with Crippen LogP contribution in [-0.4, -0.2) is 42.1 Å². The Kier molecular flexibility index (Phi) is 6.12. The van der Waals surface area contributed by atoms with E-state index in [9.17, 15) is 14.7 Å². The van der Waals surface area contributed by atoms with Crippen LogP contribution in [0.4, 0.5) is 0 Å². The number of piperidine rings is 1. The standard InChI is InChI=1S/C22H25NO4/c1-27-19-9-6-16(7-10-19)17-12-14-23(15-13-17)21(24)11-8-18-4-2-3-5-20(18)22(25)26/h2-7,9-10,17H,8,11-15H2,1H3,(H,25,26). The van der Waals surface area contributed by atoms with E-state index in [0.29, 0.717) is 24.3 Å². The number of methoxy groups -OCH3 is 1. The van der Waals surface area contributed by atoms with Crippen LogP contribution in [-0.2, 0) is 11.2 Å². The van der Waals surface area contributed by atoms with Crippen molar-refractivity contribution < 1.29 is 19.4 Å². The van der Waals surface area contributed by atoms with Gasteiger partial charge in [0.2, 0.25) is 5.91 Å². The first-order valence-corrected chi connectivity index (χ1v) is 9.31. The number of ether oxygens (including phenoxy) is 1. The Morgan fingerprint density at radius 1 is 1.07 bits per heavy atom. The molecule has 2 aromatic carbocycles. The fraction of sp³-hybridized carbons (Fsp3) is 0.364. The molecule has 142 valence electrons. The highest BCUT2D eigenvalue weighted by molar-refractivity contribution is 5.89. The summed E-state index contributed by atoms with van der Waals surface area (Å²) in [5.74, 6) is 0.474. The molecule has 1 heterocycles. The topological polar surface area (TPSA) is 66.8 Å². The molecule has 0 atom stereocenters. The second kappa shape index (κ2) is 8.71. The Balaban J connectivity index is 1.52. The van der Waals surface area contributed by atoms with E-state index >= 15 is 0 Å². The number of carboxylic acid groups (broad SMARTS) is 1. The van der Waals surface area contributed by atoms with Crippen LogP contribution >= 0.6 is 0 Å². The average molecular weight is 367 g/mol. The number of aryl methyl sites for hydroxylation is 1. The third-order valence-corrected chi connectivity index (χ3v) is 5.29. The lowest BCUT2D eigenvalue weighted by molar-refractivity contribution is -0.132. The van der Waals surface area contributed by atoms with E-state index in [0.717, 1.165) is 31.7 Å². The zero-order valence-electron chi connectivity index (χ0n) is 15.6. The number of carbonyl (C=O) groups excluding carboxylic acids is 1. The number of hydrogen-bond acceptors (Lipinski definition) is 3. The van der Waals surface area contributed by atoms with Crippen LogP contribution in [0.3, 0.4) is 0 Å². The number of carboxylic acids is 1. The van der Waals surface area contributed by atoms with Crippen molar-refractivity contribution in [2.75, 3.05) is 20.2 Å². The maximum Gasteiger partial charge on any atom is 0.335 e. The zero-order valence-corrected chi connectivity index (χ0v) is 15.6. The number of hydrogen-bond donors (Lipinski definition) is 1. The van der Waals surface area contributed by atoms with Gasteiger partial charge in [-0.05, 0) is 54.5 Å². The van der Waals surface area contributed by atoms with Crippen molar-refractivity contribution >= 4 is 11.9 Å². The molecule has 0 bridgehead atoms. The molecule has 1 aliphatic heterocycles. The van der Waals surface area contributed by atoms with Crippen LogP contribution in [0.5, 0.6) is 5.75 Å². The molecular weight excluding hydrogens is 342 g/mol. The van der Waals surface area contributed by atoms with E-state index in [-0.39, 0.29) is 11.5 Å². The Hall–Kier alpha value is -2.82. The molecule has 0 aromatic heterocycles. The molecule has 0 spiro atoms. The predicted molar refractivity (Wildman–Crippen MR) is 103 cm³/mol. The van der Waals surface area contributed by atoms with Crippen molar-refractivity contribution in [3.63, 3.8) is 0 Å². The van der Waals surface area contributed by atoms with Gasteiger partial charge >= 0.3 is 5.97 Å². The van der Waals surface area contributed by atoms with Crippen LogP contribution in [0.2, 0.25) is 0 Å². The molecule has 5 heteroatoms. The molecular formula is C22H25NO4. The van der Waals surface area contributed by atoms with Crippen molar-refractivity contribution in [3.8, 4) is 5.75 Å². The quantitative estimate of drug-likeness (QED) is 0.845. The molecule has 5 nitrogen and oxygen atoms in total. The molecule has 1 saturated heterocycles. The maximum absolute atomic E-state index is 12.5. The number of likely N-dealkylation sites (tertiary alicyclic amines) is 1. The van der Waals surface area contributed by atoms with Gasteiger partial charge in [-0.15, -0.1) is 0 Å². The minimum atomic E-state index is -0.946. The van der Waals surface area contributed by atoms with Gasteiger partial charge < -0.3 is 14.7 Å². The summed E-state index contributed by atoms with van der Waals surface area (Å²) in [6.07, 6.45) is 2.70. The van der Waals surface area contributed by atoms with Gasteiger partial charge in [-0.3, -0.25) is 4.79 Å². The van der Waals surface area contributed by atoms with E-state index in [1.54, 1.807) is 25.3 Å². The number of carbonyl (C=O) groups is 2. The summed E-state index contributed by atoms with van der Waals surface area (Å²) in [7, 11) is 1.66. The minimum Gasteiger partial charge on any atom is -0.497 e. The Morgan fingerprint density at radius 2 is 1.74 bits per heavy atom. The molecule has 3 rings (SSSR count). The average Bonchev–Trinajstić information content (AvgIpc) is 2.72. The molecule has 0 aliphatic carbocycles. The highest BCUT2D eigenvalue weighted by Crippen LogP contribution is 2.29. The highest BCUT2D eigenvalue weighted by Gasteiger charge is 2.24. The molecule has 1 amide bonds. The van der Waals surface area contributed by atoms with E-state index in [1.165, 1.54) is 5.56 Å². The lowest BCUT2D eigenvalue weighted by atomic mass is 9.89. The Labute approximate surface area is 159 Å². The van der Waals surface area contributed by atoms with Gasteiger partial charge in [0.1, 0.15) is 5.75 Å². The van der Waals surface area contributed by atoms with Crippen LogP contribution in [0.25, 0.3) is 0 Å². The summed E-state index contributed by atoms with van der Waals surface area (Å²) in [6.45, 7) is 1.49. The summed E-state index contributed by atoms with van der Waals surface area (Å²) in [4.78, 5) is 25.7. The van der Waals surface area contributed by atoms with Gasteiger partial charge in [0.25, 0.3) is 0 Å². The van der Waals surface area contributed by atoms with Gasteiger partial charge in [-0.25, -0.2) is 4.79 Å². The summed E-state index contributed by atoms with van der Waals surface area (Å²) in [6, 6.07) is 15.0. The SMILES string of the molecule is COc1ccc(C2CCN(C(=O)CCc3ccccc3C(=O)O)CC2)cc1. The van der Waals surface area contributed by atoms with E-state index in [2.05, 4.69) is 12.1 Å². The lowest BCUT2D eigenvalue weighted by Gasteiger charge is -2.32. The molecule has 0 unspecified atom stereocenters. The van der Waals surface area contributed by atoms with Gasteiger partial charge in [-0.2, -0.15) is 0 Å². The number of rotatable bonds is 6. The summed E-state index contributed by atoms with van der Waals surface area (Å²) in [5, 5.41) is 9.25. The molecule has 1 fully saturated rings. The van der Waals surface area contributed by atoms with Gasteiger partial charge in [0.05, 0.1) is 12.7 Å². The van der Waals surface area contributed by atoms with Gasteiger partial charge in [0, 0.05) is 19.5 Å². The first-order chi connectivity index (χ1) is 13.1. The Morgan fingerprint density at radius 3 is 2.37 bits per heavy atom. The van der Waals surface area contributed by atoms with Crippen molar-refractivity contribution in [2.45, 2.75) is 31.6 Å². The fourth-order valence-electron chi connectivity index (χ4n) is 3.68. The first kappa shape index (κ1) is 19.0. The van der Waals surface area contributed by atoms with Gasteiger partial charge in [-0.1, -0.05) is 30.3 Å². The number of benzene rings is 2. The molecule has 0 radical (unpaired) electrons. The zero-order chi connectivity index (χ0) is 19.2. The maximum atomic E-state index is 12.5. The van der Waals surface area contributed by atoms with Crippen molar-refractivity contribution in [1.82, 2.24) is 4.90 Å². The van der Waals surface area contributed by atoms with E-state index in [4.69, 9.17) is 4.74 Å². The van der Waals surface area contributed by atoms with E-state index < -0.39 is 5.97 Å². The second-order valence-electron chi connectivity index (χ2n) is 6.89. The highest BCUT2D eigenvalue weighted by atomic mass is 16.5. The monoisotopic (exact) mass is 367 g/mol. The van der Waals surface area contributed by atoms with Crippen LogP contribution in [0, 0.1) is 0 Å². The van der Waals surface area contributed by atoms with Crippen LogP contribution in [0.1, 0.15) is 46.7 Å². The third kappa shape index (κ3) is 4.67. The molecule has 0 saturated carbocycles. The summed E-state index contributed by atoms with van der Waals surface area (Å²) < 4.78 is 5.20. The summed E-state index contributed by atoms with van der Waals surface area (Å²) in [5.41, 5.74) is 2.29. The van der Waals surface area contributed by atoms with Crippen LogP contribution < -0.4 is 4.74 Å². The smallest absolute Gasteiger partial charge is 0.335 e. The number of nitrogens with zero attached hydrogens (tertiary/aromatic N) is 1. The van der Waals surface area contributed by atoms with E-state index in [1.807, 2.05) is 23.1 Å². The molecule has 2 aromatic rings. The van der Waals surface area contributed by atoms with Crippen molar-refractivity contribution in [3.05, 3.63) is 65.2 Å². The largest absolute Gasteiger partial charge is 0.497 e. The predicted octanol–water partition coefficient (Wildman–Crippen LogP) is 3.73. The minimum absolute atomic E-state index is 0.100. The van der Waals surface area contributed by atoms with Gasteiger partial charge in [0.15, 0.2) is 0 Å². The number of aromatic carboxylic acids is 1. The Bertz CT molecular complexity index is 792. The lowest BCUT2D eigenvalue weighted by Crippen LogP contribution is -2.38. The summed E-state index contributed by atoms with van der Waals surface area (Å²) >= 11 is 0. The normalized spacial score (nSPS) is 14.8.